The molecule has 2 aromatic rings. The Labute approximate surface area is 151 Å². The number of piperazine rings is 1. The number of nitrogens with one attached hydrogen (secondary N) is 1. The van der Waals surface area contributed by atoms with Crippen LogP contribution in [0.1, 0.15) is 11.1 Å². The van der Waals surface area contributed by atoms with Gasteiger partial charge in [0.05, 0.1) is 0 Å². The van der Waals surface area contributed by atoms with Gasteiger partial charge in [0.25, 0.3) is 0 Å². The SMILES string of the molecule is O=C(OC1=CCc2c(ccc3c4c(ccc23)=CC=C4)=C1)N1CCNCC1. The molecule has 0 aromatic heterocycles. The molecular formula is C22H20N2O2. The topological polar surface area (TPSA) is 41.6 Å². The summed E-state index contributed by atoms with van der Waals surface area (Å²) in [6.45, 7) is 3.04. The van der Waals surface area contributed by atoms with Crippen LogP contribution in [0.4, 0.5) is 4.79 Å². The Balaban J connectivity index is 1.47. The molecule has 26 heavy (non-hydrogen) atoms. The fourth-order valence-corrected chi connectivity index (χ4v) is 3.97. The molecule has 0 spiro atoms. The van der Waals surface area contributed by atoms with E-state index in [0.717, 1.165) is 24.7 Å². The van der Waals surface area contributed by atoms with E-state index in [0.29, 0.717) is 18.8 Å². The van der Waals surface area contributed by atoms with Crippen LogP contribution in [0.5, 0.6) is 0 Å². The molecular weight excluding hydrogens is 324 g/mol. The third kappa shape index (κ3) is 2.54. The van der Waals surface area contributed by atoms with Gasteiger partial charge in [-0.3, -0.25) is 0 Å². The van der Waals surface area contributed by atoms with Crippen molar-refractivity contribution < 1.29 is 9.53 Å². The number of amides is 1. The van der Waals surface area contributed by atoms with Crippen LogP contribution in [0, 0.1) is 0 Å². The van der Waals surface area contributed by atoms with E-state index in [1.54, 1.807) is 4.90 Å². The summed E-state index contributed by atoms with van der Waals surface area (Å²) >= 11 is 0. The van der Waals surface area contributed by atoms with Crippen LogP contribution in [0.3, 0.4) is 0 Å². The van der Waals surface area contributed by atoms with Crippen molar-refractivity contribution in [2.45, 2.75) is 6.42 Å². The minimum atomic E-state index is -0.253. The zero-order valence-electron chi connectivity index (χ0n) is 14.5. The molecule has 0 unspecified atom stereocenters. The lowest BCUT2D eigenvalue weighted by Gasteiger charge is -2.26. The molecule has 2 aromatic carbocycles. The number of hydrogen-bond donors (Lipinski definition) is 1. The summed E-state index contributed by atoms with van der Waals surface area (Å²) in [4.78, 5) is 14.1. The van der Waals surface area contributed by atoms with Crippen LogP contribution in [-0.4, -0.2) is 37.2 Å². The highest BCUT2D eigenvalue weighted by Gasteiger charge is 2.19. The molecule has 3 aliphatic rings. The van der Waals surface area contributed by atoms with E-state index in [4.69, 9.17) is 4.74 Å². The van der Waals surface area contributed by atoms with Crippen molar-refractivity contribution in [2.24, 2.45) is 0 Å². The van der Waals surface area contributed by atoms with Crippen molar-refractivity contribution in [3.05, 3.63) is 63.7 Å². The first-order valence-electron chi connectivity index (χ1n) is 9.12. The van der Waals surface area contributed by atoms with Gasteiger partial charge in [0.1, 0.15) is 5.76 Å². The number of allylic oxidation sites excluding steroid dienone is 3. The summed E-state index contributed by atoms with van der Waals surface area (Å²) in [6.07, 6.45) is 10.9. The van der Waals surface area contributed by atoms with Gasteiger partial charge in [-0.15, -0.1) is 0 Å². The fraction of sp³-hybridized carbons (Fsp3) is 0.227. The summed E-state index contributed by atoms with van der Waals surface area (Å²) in [7, 11) is 0. The lowest BCUT2D eigenvalue weighted by Crippen LogP contribution is -2.46. The van der Waals surface area contributed by atoms with E-state index in [9.17, 15) is 4.79 Å². The second kappa shape index (κ2) is 6.15. The molecule has 0 saturated carbocycles. The molecule has 0 bridgehead atoms. The lowest BCUT2D eigenvalue weighted by molar-refractivity contribution is 0.126. The van der Waals surface area contributed by atoms with Crippen molar-refractivity contribution in [1.82, 2.24) is 10.2 Å². The smallest absolute Gasteiger partial charge is 0.411 e. The lowest BCUT2D eigenvalue weighted by atomic mass is 9.94. The van der Waals surface area contributed by atoms with E-state index >= 15 is 0 Å². The highest BCUT2D eigenvalue weighted by Crippen LogP contribution is 2.23. The van der Waals surface area contributed by atoms with Gasteiger partial charge in [0.15, 0.2) is 0 Å². The minimum Gasteiger partial charge on any atom is -0.411 e. The van der Waals surface area contributed by atoms with Crippen molar-refractivity contribution in [2.75, 3.05) is 26.2 Å². The minimum absolute atomic E-state index is 0.253. The highest BCUT2D eigenvalue weighted by molar-refractivity contribution is 5.96. The van der Waals surface area contributed by atoms with Gasteiger partial charge in [0.2, 0.25) is 0 Å². The molecule has 1 heterocycles. The van der Waals surface area contributed by atoms with Crippen molar-refractivity contribution in [1.29, 1.82) is 0 Å². The number of rotatable bonds is 1. The summed E-state index contributed by atoms with van der Waals surface area (Å²) in [6, 6.07) is 8.70. The van der Waals surface area contributed by atoms with E-state index in [1.807, 2.05) is 12.2 Å². The monoisotopic (exact) mass is 344 g/mol. The molecule has 4 heteroatoms. The molecule has 1 aliphatic heterocycles. The average Bonchev–Trinajstić information content (AvgIpc) is 3.17. The number of ether oxygens (including phenoxy) is 1. The van der Waals surface area contributed by atoms with Gasteiger partial charge in [-0.1, -0.05) is 42.5 Å². The van der Waals surface area contributed by atoms with Gasteiger partial charge in [-0.05, 0) is 50.9 Å². The molecule has 0 atom stereocenters. The Morgan fingerprint density at radius 3 is 2.73 bits per heavy atom. The number of benzene rings is 2. The van der Waals surface area contributed by atoms with E-state index in [1.165, 1.54) is 27.1 Å². The molecule has 1 fully saturated rings. The van der Waals surface area contributed by atoms with E-state index in [-0.39, 0.29) is 6.09 Å². The van der Waals surface area contributed by atoms with Gasteiger partial charge in [-0.2, -0.15) is 0 Å². The summed E-state index contributed by atoms with van der Waals surface area (Å²) in [5, 5.41) is 8.22. The third-order valence-electron chi connectivity index (χ3n) is 5.35. The van der Waals surface area contributed by atoms with Crippen molar-refractivity contribution >= 4 is 35.1 Å². The Morgan fingerprint density at radius 1 is 1.04 bits per heavy atom. The number of fused-ring (bicyclic) bond motifs is 5. The van der Waals surface area contributed by atoms with Crippen LogP contribution >= 0.6 is 0 Å². The Kier molecular flexibility index (Phi) is 3.64. The summed E-state index contributed by atoms with van der Waals surface area (Å²) < 4.78 is 5.62. The molecule has 4 nitrogen and oxygen atoms in total. The van der Waals surface area contributed by atoms with Crippen molar-refractivity contribution in [3.8, 4) is 0 Å². The predicted octanol–water partition coefficient (Wildman–Crippen LogP) is 1.91. The maximum Gasteiger partial charge on any atom is 0.415 e. The van der Waals surface area contributed by atoms with Crippen LogP contribution in [0.2, 0.25) is 0 Å². The quantitative estimate of drug-likeness (QED) is 0.859. The zero-order chi connectivity index (χ0) is 17.5. The maximum atomic E-state index is 12.3. The molecule has 1 saturated heterocycles. The molecule has 130 valence electrons. The van der Waals surface area contributed by atoms with Gasteiger partial charge in [0, 0.05) is 26.2 Å². The summed E-state index contributed by atoms with van der Waals surface area (Å²) in [5.41, 5.74) is 2.60. The predicted molar refractivity (Wildman–Crippen MR) is 104 cm³/mol. The van der Waals surface area contributed by atoms with Crippen LogP contribution < -0.4 is 15.8 Å². The molecule has 0 radical (unpaired) electrons. The van der Waals surface area contributed by atoms with Crippen LogP contribution in [0.25, 0.3) is 29.0 Å². The Hall–Kier alpha value is -2.85. The first kappa shape index (κ1) is 15.4. The third-order valence-corrected chi connectivity index (χ3v) is 5.35. The fourth-order valence-electron chi connectivity index (χ4n) is 3.97. The largest absolute Gasteiger partial charge is 0.415 e. The number of nitrogens with zero attached hydrogens (tertiary/aromatic N) is 1. The van der Waals surface area contributed by atoms with Gasteiger partial charge < -0.3 is 15.0 Å². The molecule has 2 aliphatic carbocycles. The first-order chi connectivity index (χ1) is 12.8. The normalized spacial score (nSPS) is 17.8. The number of hydrogen-bond acceptors (Lipinski definition) is 3. The zero-order valence-corrected chi connectivity index (χ0v) is 14.5. The van der Waals surface area contributed by atoms with Crippen LogP contribution in [-0.2, 0) is 11.2 Å². The molecule has 1 N–H and O–H groups in total. The average molecular weight is 344 g/mol. The van der Waals surface area contributed by atoms with Crippen LogP contribution in [0.15, 0.2) is 42.2 Å². The highest BCUT2D eigenvalue weighted by atomic mass is 16.6. The standard InChI is InChI=1S/C22H20N2O2/c25-22(24-12-10-23-11-13-24)26-17-6-9-19-16(14-17)5-8-20-18-3-1-2-15(18)4-7-21(19)20/h1-8,14,23H,9-13H2. The second-order valence-corrected chi connectivity index (χ2v) is 6.88. The first-order valence-corrected chi connectivity index (χ1v) is 9.12. The molecule has 5 rings (SSSR count). The molecule has 1 amide bonds. The Morgan fingerprint density at radius 2 is 1.85 bits per heavy atom. The number of carbonyl (C=O) groups is 1. The maximum absolute atomic E-state index is 12.3. The number of carbonyl (C=O) groups excluding carboxylic acids is 1. The Bertz CT molecular complexity index is 1090. The second-order valence-electron chi connectivity index (χ2n) is 6.88. The van der Waals surface area contributed by atoms with E-state index < -0.39 is 0 Å². The van der Waals surface area contributed by atoms with Gasteiger partial charge >= 0.3 is 6.09 Å². The van der Waals surface area contributed by atoms with Crippen molar-refractivity contribution in [3.63, 3.8) is 0 Å². The van der Waals surface area contributed by atoms with E-state index in [2.05, 4.69) is 47.8 Å². The summed E-state index contributed by atoms with van der Waals surface area (Å²) in [5.74, 6) is 0.648. The van der Waals surface area contributed by atoms with Gasteiger partial charge in [-0.25, -0.2) is 4.79 Å².